The van der Waals surface area contributed by atoms with Crippen molar-refractivity contribution in [2.75, 3.05) is 5.32 Å². The Morgan fingerprint density at radius 2 is 2.00 bits per heavy atom. The van der Waals surface area contributed by atoms with Crippen molar-refractivity contribution in [2.45, 2.75) is 26.8 Å². The maximum Gasteiger partial charge on any atom is 0.151 e. The van der Waals surface area contributed by atoms with Crippen LogP contribution in [0.25, 0.3) is 0 Å². The number of aromatic nitrogens is 2. The fraction of sp³-hybridized carbons (Fsp3) is 0.211. The summed E-state index contributed by atoms with van der Waals surface area (Å²) in [5.74, 6) is 1.33. The van der Waals surface area contributed by atoms with Gasteiger partial charge in [0.25, 0.3) is 0 Å². The fourth-order valence-corrected chi connectivity index (χ4v) is 2.98. The Labute approximate surface area is 161 Å². The molecular weight excluding hydrogens is 376 g/mol. The van der Waals surface area contributed by atoms with E-state index in [2.05, 4.69) is 22.4 Å². The number of ether oxygens (including phenoxy) is 1. The molecule has 0 aliphatic rings. The van der Waals surface area contributed by atoms with E-state index in [1.54, 1.807) is 12.1 Å². The number of anilines is 1. The Bertz CT molecular complexity index is 927. The van der Waals surface area contributed by atoms with Gasteiger partial charge in [0.1, 0.15) is 17.3 Å². The molecule has 0 spiro atoms. The molecule has 0 aliphatic heterocycles. The highest BCUT2D eigenvalue weighted by atomic mass is 35.5. The first kappa shape index (κ1) is 18.5. The van der Waals surface area contributed by atoms with E-state index in [1.807, 2.05) is 13.0 Å². The van der Waals surface area contributed by atoms with Crippen LogP contribution in [0.4, 0.5) is 10.2 Å². The van der Waals surface area contributed by atoms with Gasteiger partial charge in [-0.25, -0.2) is 4.39 Å². The Hall–Kier alpha value is -2.24. The number of aromatic amines is 1. The summed E-state index contributed by atoms with van der Waals surface area (Å²) in [4.78, 5) is 0. The molecule has 4 nitrogen and oxygen atoms in total. The first-order chi connectivity index (χ1) is 12.5. The molecule has 3 aromatic rings. The third-order valence-corrected chi connectivity index (χ3v) is 4.55. The lowest BCUT2D eigenvalue weighted by molar-refractivity contribution is 0.475. The van der Waals surface area contributed by atoms with Gasteiger partial charge < -0.3 is 10.1 Å². The fourth-order valence-electron chi connectivity index (χ4n) is 2.65. The van der Waals surface area contributed by atoms with Crippen molar-refractivity contribution in [3.8, 4) is 11.5 Å². The number of hydrogen-bond donors (Lipinski definition) is 2. The van der Waals surface area contributed by atoms with Gasteiger partial charge in [-0.1, -0.05) is 36.2 Å². The summed E-state index contributed by atoms with van der Waals surface area (Å²) in [6.07, 6.45) is 0.878. The van der Waals surface area contributed by atoms with E-state index >= 15 is 0 Å². The van der Waals surface area contributed by atoms with Crippen molar-refractivity contribution in [1.29, 1.82) is 0 Å². The van der Waals surface area contributed by atoms with Gasteiger partial charge in [0.2, 0.25) is 0 Å². The summed E-state index contributed by atoms with van der Waals surface area (Å²) in [5, 5.41) is 11.1. The zero-order valence-corrected chi connectivity index (χ0v) is 15.9. The minimum absolute atomic E-state index is 0.00351. The minimum atomic E-state index is -0.493. The standard InChI is InChI=1S/C19H18Cl2FN3O/c1-3-15-11(2)24-25-19(15)23-10-12-4-5-13(20)8-18(12)26-14-6-7-17(22)16(21)9-14/h4-9H,3,10H2,1-2H3,(H2,23,24,25). The van der Waals surface area contributed by atoms with Crippen LogP contribution in [0.5, 0.6) is 11.5 Å². The van der Waals surface area contributed by atoms with Gasteiger partial charge in [0.05, 0.1) is 5.02 Å². The SMILES string of the molecule is CCc1c(NCc2ccc(Cl)cc2Oc2ccc(F)c(Cl)c2)n[nH]c1C. The highest BCUT2D eigenvalue weighted by molar-refractivity contribution is 6.31. The molecule has 0 saturated carbocycles. The second-order valence-electron chi connectivity index (χ2n) is 5.81. The van der Waals surface area contributed by atoms with Crippen molar-refractivity contribution in [3.63, 3.8) is 0 Å². The minimum Gasteiger partial charge on any atom is -0.457 e. The molecule has 0 aliphatic carbocycles. The van der Waals surface area contributed by atoms with Crippen LogP contribution >= 0.6 is 23.2 Å². The first-order valence-electron chi connectivity index (χ1n) is 8.17. The van der Waals surface area contributed by atoms with E-state index < -0.39 is 5.82 Å². The number of nitrogens with zero attached hydrogens (tertiary/aromatic N) is 1. The van der Waals surface area contributed by atoms with Crippen LogP contribution in [0.2, 0.25) is 10.0 Å². The van der Waals surface area contributed by atoms with Crippen LogP contribution in [0, 0.1) is 12.7 Å². The van der Waals surface area contributed by atoms with Gasteiger partial charge in [0, 0.05) is 34.5 Å². The Morgan fingerprint density at radius 1 is 1.19 bits per heavy atom. The summed E-state index contributed by atoms with van der Waals surface area (Å²) >= 11 is 11.9. The average molecular weight is 394 g/mol. The molecule has 0 saturated heterocycles. The van der Waals surface area contributed by atoms with Crippen molar-refractivity contribution < 1.29 is 9.13 Å². The van der Waals surface area contributed by atoms with E-state index in [4.69, 9.17) is 27.9 Å². The van der Waals surface area contributed by atoms with Crippen LogP contribution in [-0.2, 0) is 13.0 Å². The number of benzene rings is 2. The quantitative estimate of drug-likeness (QED) is 0.529. The second kappa shape index (κ2) is 7.98. The normalized spacial score (nSPS) is 10.8. The highest BCUT2D eigenvalue weighted by Crippen LogP contribution is 2.31. The molecule has 0 amide bonds. The van der Waals surface area contributed by atoms with Crippen LogP contribution in [0.3, 0.4) is 0 Å². The largest absolute Gasteiger partial charge is 0.457 e. The second-order valence-corrected chi connectivity index (χ2v) is 6.66. The molecule has 3 rings (SSSR count). The smallest absolute Gasteiger partial charge is 0.151 e. The first-order valence-corrected chi connectivity index (χ1v) is 8.92. The molecule has 0 radical (unpaired) electrons. The van der Waals surface area contributed by atoms with Crippen LogP contribution in [0.15, 0.2) is 36.4 Å². The summed E-state index contributed by atoms with van der Waals surface area (Å²) in [6, 6.07) is 9.60. The monoisotopic (exact) mass is 393 g/mol. The number of H-pyrrole nitrogens is 1. The maximum absolute atomic E-state index is 13.3. The van der Waals surface area contributed by atoms with Crippen LogP contribution in [0.1, 0.15) is 23.7 Å². The number of rotatable bonds is 6. The van der Waals surface area contributed by atoms with Crippen LogP contribution in [-0.4, -0.2) is 10.2 Å². The molecular formula is C19H18Cl2FN3O. The van der Waals surface area contributed by atoms with E-state index in [0.717, 1.165) is 29.1 Å². The van der Waals surface area contributed by atoms with Gasteiger partial charge in [0.15, 0.2) is 5.82 Å². The van der Waals surface area contributed by atoms with E-state index in [1.165, 1.54) is 18.2 Å². The zero-order chi connectivity index (χ0) is 18.7. The number of aryl methyl sites for hydroxylation is 1. The molecule has 2 N–H and O–H groups in total. The lowest BCUT2D eigenvalue weighted by Gasteiger charge is -2.13. The maximum atomic E-state index is 13.3. The third-order valence-electron chi connectivity index (χ3n) is 4.02. The molecule has 1 heterocycles. The summed E-state index contributed by atoms with van der Waals surface area (Å²) in [5.41, 5.74) is 3.08. The molecule has 7 heteroatoms. The number of halogens is 3. The van der Waals surface area contributed by atoms with Crippen LogP contribution < -0.4 is 10.1 Å². The molecule has 26 heavy (non-hydrogen) atoms. The van der Waals surface area contributed by atoms with E-state index in [9.17, 15) is 4.39 Å². The predicted octanol–water partition coefficient (Wildman–Crippen LogP) is 6.13. The van der Waals surface area contributed by atoms with Crippen molar-refractivity contribution in [3.05, 3.63) is 69.1 Å². The molecule has 136 valence electrons. The molecule has 0 unspecified atom stereocenters. The van der Waals surface area contributed by atoms with Gasteiger partial charge >= 0.3 is 0 Å². The zero-order valence-electron chi connectivity index (χ0n) is 14.4. The van der Waals surface area contributed by atoms with Crippen molar-refractivity contribution >= 4 is 29.0 Å². The molecule has 1 aromatic heterocycles. The van der Waals surface area contributed by atoms with Gasteiger partial charge in [-0.3, -0.25) is 5.10 Å². The lowest BCUT2D eigenvalue weighted by Crippen LogP contribution is -2.04. The summed E-state index contributed by atoms with van der Waals surface area (Å²) < 4.78 is 19.2. The Kier molecular flexibility index (Phi) is 5.69. The summed E-state index contributed by atoms with van der Waals surface area (Å²) in [7, 11) is 0. The van der Waals surface area contributed by atoms with Gasteiger partial charge in [-0.2, -0.15) is 5.10 Å². The molecule has 2 aromatic carbocycles. The summed E-state index contributed by atoms with van der Waals surface area (Å²) in [6.45, 7) is 4.57. The predicted molar refractivity (Wildman–Crippen MR) is 103 cm³/mol. The Morgan fingerprint density at radius 3 is 2.73 bits per heavy atom. The average Bonchev–Trinajstić information content (AvgIpc) is 2.97. The Balaban J connectivity index is 1.82. The lowest BCUT2D eigenvalue weighted by atomic mass is 10.1. The van der Waals surface area contributed by atoms with E-state index in [0.29, 0.717) is 23.1 Å². The van der Waals surface area contributed by atoms with Gasteiger partial charge in [-0.15, -0.1) is 0 Å². The molecule has 0 bridgehead atoms. The van der Waals surface area contributed by atoms with E-state index in [-0.39, 0.29) is 5.02 Å². The van der Waals surface area contributed by atoms with Crippen molar-refractivity contribution in [2.24, 2.45) is 0 Å². The topological polar surface area (TPSA) is 49.9 Å². The molecule has 0 fully saturated rings. The highest BCUT2D eigenvalue weighted by Gasteiger charge is 2.11. The molecule has 0 atom stereocenters. The third kappa shape index (κ3) is 4.11. The van der Waals surface area contributed by atoms with Crippen molar-refractivity contribution in [1.82, 2.24) is 10.2 Å². The number of nitrogens with one attached hydrogen (secondary N) is 2. The number of hydrogen-bond acceptors (Lipinski definition) is 3. The van der Waals surface area contributed by atoms with Gasteiger partial charge in [-0.05, 0) is 37.6 Å².